The van der Waals surface area contributed by atoms with E-state index in [1.807, 2.05) is 18.2 Å². The first-order valence-corrected chi connectivity index (χ1v) is 9.39. The third-order valence-corrected chi connectivity index (χ3v) is 5.21. The Kier molecular flexibility index (Phi) is 6.05. The molecule has 0 saturated heterocycles. The van der Waals surface area contributed by atoms with Crippen LogP contribution in [0.4, 0.5) is 0 Å². The number of carbonyl (C=O) groups is 2. The first kappa shape index (κ1) is 18.2. The number of primary amides is 1. The quantitative estimate of drug-likeness (QED) is 0.818. The largest absolute Gasteiger partial charge is 0.366 e. The molecule has 3 rings (SSSR count). The molecule has 26 heavy (non-hydrogen) atoms. The number of benzene rings is 2. The SMILES string of the molecule is NC(=O)c1cccc(C(=O)NC(CC2CCCCC2)c2ccccc2)c1. The molecule has 0 heterocycles. The first-order chi connectivity index (χ1) is 12.6. The highest BCUT2D eigenvalue weighted by atomic mass is 16.2. The molecule has 0 bridgehead atoms. The molecule has 2 aromatic carbocycles. The van der Waals surface area contributed by atoms with Crippen molar-refractivity contribution in [3.8, 4) is 0 Å². The highest BCUT2D eigenvalue weighted by Gasteiger charge is 2.22. The third kappa shape index (κ3) is 4.72. The van der Waals surface area contributed by atoms with Crippen LogP contribution in [0.5, 0.6) is 0 Å². The van der Waals surface area contributed by atoms with Crippen molar-refractivity contribution in [2.45, 2.75) is 44.6 Å². The molecule has 3 N–H and O–H groups in total. The smallest absolute Gasteiger partial charge is 0.251 e. The number of carbonyl (C=O) groups excluding carboxylic acids is 2. The average Bonchev–Trinajstić information content (AvgIpc) is 2.69. The lowest BCUT2D eigenvalue weighted by Gasteiger charge is -2.27. The van der Waals surface area contributed by atoms with E-state index in [0.29, 0.717) is 17.0 Å². The topological polar surface area (TPSA) is 72.2 Å². The van der Waals surface area contributed by atoms with E-state index in [1.165, 1.54) is 32.1 Å². The summed E-state index contributed by atoms with van der Waals surface area (Å²) in [6, 6.07) is 16.7. The van der Waals surface area contributed by atoms with E-state index in [-0.39, 0.29) is 11.9 Å². The Balaban J connectivity index is 1.77. The molecule has 1 aliphatic carbocycles. The Hall–Kier alpha value is -2.62. The van der Waals surface area contributed by atoms with Gasteiger partial charge in [0.25, 0.3) is 5.91 Å². The Morgan fingerprint density at radius 3 is 2.35 bits per heavy atom. The summed E-state index contributed by atoms with van der Waals surface area (Å²) < 4.78 is 0. The molecule has 1 saturated carbocycles. The molecule has 0 radical (unpaired) electrons. The van der Waals surface area contributed by atoms with E-state index in [0.717, 1.165) is 12.0 Å². The number of rotatable bonds is 6. The van der Waals surface area contributed by atoms with Gasteiger partial charge in [-0.2, -0.15) is 0 Å². The zero-order valence-corrected chi connectivity index (χ0v) is 15.0. The van der Waals surface area contributed by atoms with E-state index < -0.39 is 5.91 Å². The summed E-state index contributed by atoms with van der Waals surface area (Å²) in [5.41, 5.74) is 7.26. The second-order valence-corrected chi connectivity index (χ2v) is 7.12. The molecule has 4 heteroatoms. The summed E-state index contributed by atoms with van der Waals surface area (Å²) in [6.07, 6.45) is 7.29. The van der Waals surface area contributed by atoms with Crippen LogP contribution in [0.3, 0.4) is 0 Å². The number of nitrogens with two attached hydrogens (primary N) is 1. The van der Waals surface area contributed by atoms with Crippen LogP contribution >= 0.6 is 0 Å². The molecule has 0 spiro atoms. The van der Waals surface area contributed by atoms with Crippen LogP contribution in [-0.2, 0) is 0 Å². The maximum atomic E-state index is 12.8. The lowest BCUT2D eigenvalue weighted by molar-refractivity contribution is 0.0928. The van der Waals surface area contributed by atoms with Gasteiger partial charge in [0.1, 0.15) is 0 Å². The van der Waals surface area contributed by atoms with Crippen LogP contribution in [0, 0.1) is 5.92 Å². The molecule has 136 valence electrons. The van der Waals surface area contributed by atoms with Gasteiger partial charge in [-0.1, -0.05) is 68.5 Å². The molecule has 4 nitrogen and oxygen atoms in total. The third-order valence-electron chi connectivity index (χ3n) is 5.21. The van der Waals surface area contributed by atoms with E-state index >= 15 is 0 Å². The van der Waals surface area contributed by atoms with Gasteiger partial charge in [-0.25, -0.2) is 0 Å². The van der Waals surface area contributed by atoms with Crippen molar-refractivity contribution in [2.75, 3.05) is 0 Å². The maximum absolute atomic E-state index is 12.8. The van der Waals surface area contributed by atoms with Gasteiger partial charge < -0.3 is 11.1 Å². The van der Waals surface area contributed by atoms with Crippen LogP contribution < -0.4 is 11.1 Å². The molecule has 2 aromatic rings. The number of hydrogen-bond donors (Lipinski definition) is 2. The molecule has 0 aliphatic heterocycles. The van der Waals surface area contributed by atoms with Crippen LogP contribution in [0.15, 0.2) is 54.6 Å². The zero-order valence-electron chi connectivity index (χ0n) is 15.0. The Morgan fingerprint density at radius 1 is 0.962 bits per heavy atom. The van der Waals surface area contributed by atoms with E-state index in [9.17, 15) is 9.59 Å². The molecule has 1 unspecified atom stereocenters. The second kappa shape index (κ2) is 8.65. The van der Waals surface area contributed by atoms with Crippen molar-refractivity contribution >= 4 is 11.8 Å². The lowest BCUT2D eigenvalue weighted by Crippen LogP contribution is -2.30. The minimum Gasteiger partial charge on any atom is -0.366 e. The van der Waals surface area contributed by atoms with Gasteiger partial charge in [-0.3, -0.25) is 9.59 Å². The van der Waals surface area contributed by atoms with Gasteiger partial charge in [0.05, 0.1) is 6.04 Å². The minimum atomic E-state index is -0.526. The van der Waals surface area contributed by atoms with E-state index in [2.05, 4.69) is 17.4 Å². The highest BCUT2D eigenvalue weighted by Crippen LogP contribution is 2.32. The predicted molar refractivity (Wildman–Crippen MR) is 103 cm³/mol. The minimum absolute atomic E-state index is 0.0240. The Morgan fingerprint density at radius 2 is 1.65 bits per heavy atom. The summed E-state index contributed by atoms with van der Waals surface area (Å²) in [7, 11) is 0. The molecular weight excluding hydrogens is 324 g/mol. The van der Waals surface area contributed by atoms with Crippen molar-refractivity contribution in [3.05, 3.63) is 71.3 Å². The van der Waals surface area contributed by atoms with Gasteiger partial charge in [-0.05, 0) is 36.1 Å². The Bertz CT molecular complexity index is 752. The van der Waals surface area contributed by atoms with Crippen molar-refractivity contribution < 1.29 is 9.59 Å². The fourth-order valence-electron chi connectivity index (χ4n) is 3.78. The van der Waals surface area contributed by atoms with Gasteiger partial charge in [0.2, 0.25) is 5.91 Å². The van der Waals surface area contributed by atoms with Crippen LogP contribution in [0.1, 0.15) is 70.8 Å². The first-order valence-electron chi connectivity index (χ1n) is 9.39. The Labute approximate surface area is 154 Å². The molecule has 2 amide bonds. The van der Waals surface area contributed by atoms with Gasteiger partial charge >= 0.3 is 0 Å². The second-order valence-electron chi connectivity index (χ2n) is 7.12. The summed E-state index contributed by atoms with van der Waals surface area (Å²) >= 11 is 0. The fraction of sp³-hybridized carbons (Fsp3) is 0.364. The van der Waals surface area contributed by atoms with Crippen molar-refractivity contribution in [1.82, 2.24) is 5.32 Å². The highest BCUT2D eigenvalue weighted by molar-refractivity contribution is 5.99. The number of hydrogen-bond acceptors (Lipinski definition) is 2. The monoisotopic (exact) mass is 350 g/mol. The maximum Gasteiger partial charge on any atom is 0.251 e. The van der Waals surface area contributed by atoms with Crippen molar-refractivity contribution in [1.29, 1.82) is 0 Å². The lowest BCUT2D eigenvalue weighted by atomic mass is 9.83. The standard InChI is InChI=1S/C22H26N2O2/c23-21(25)18-12-7-13-19(15-18)22(26)24-20(17-10-5-2-6-11-17)14-16-8-3-1-4-9-16/h2,5-7,10-13,15-16,20H,1,3-4,8-9,14H2,(H2,23,25)(H,24,26). The zero-order chi connectivity index (χ0) is 18.4. The summed E-state index contributed by atoms with van der Waals surface area (Å²) in [4.78, 5) is 24.2. The molecular formula is C22H26N2O2. The number of amides is 2. The summed E-state index contributed by atoms with van der Waals surface area (Å²) in [6.45, 7) is 0. The van der Waals surface area contributed by atoms with E-state index in [4.69, 9.17) is 5.73 Å². The molecule has 1 aliphatic rings. The van der Waals surface area contributed by atoms with Crippen LogP contribution in [0.25, 0.3) is 0 Å². The van der Waals surface area contributed by atoms with Crippen molar-refractivity contribution in [3.63, 3.8) is 0 Å². The predicted octanol–water partition coefficient (Wildman–Crippen LogP) is 4.23. The molecule has 1 fully saturated rings. The van der Waals surface area contributed by atoms with Gasteiger partial charge in [0, 0.05) is 11.1 Å². The van der Waals surface area contributed by atoms with E-state index in [1.54, 1.807) is 24.3 Å². The van der Waals surface area contributed by atoms with Crippen molar-refractivity contribution in [2.24, 2.45) is 11.7 Å². The average molecular weight is 350 g/mol. The molecule has 0 aromatic heterocycles. The van der Waals surface area contributed by atoms with Crippen LogP contribution in [-0.4, -0.2) is 11.8 Å². The molecule has 1 atom stereocenters. The fourth-order valence-corrected chi connectivity index (χ4v) is 3.78. The van der Waals surface area contributed by atoms with Crippen LogP contribution in [0.2, 0.25) is 0 Å². The van der Waals surface area contributed by atoms with Gasteiger partial charge in [0.15, 0.2) is 0 Å². The number of nitrogens with one attached hydrogen (secondary N) is 1. The summed E-state index contributed by atoms with van der Waals surface area (Å²) in [5, 5.41) is 3.17. The van der Waals surface area contributed by atoms with Gasteiger partial charge in [-0.15, -0.1) is 0 Å². The normalized spacial score (nSPS) is 16.0. The summed E-state index contributed by atoms with van der Waals surface area (Å²) in [5.74, 6) is -0.0505.